The molecule has 114 valence electrons. The summed E-state index contributed by atoms with van der Waals surface area (Å²) in [6, 6.07) is 1.04. The molecule has 1 rings (SSSR count). The lowest BCUT2D eigenvalue weighted by atomic mass is 9.98. The average Bonchev–Trinajstić information content (AvgIpc) is 2.80. The molecule has 0 bridgehead atoms. The number of anilines is 1. The molecule has 0 unspecified atom stereocenters. The highest BCUT2D eigenvalue weighted by molar-refractivity contribution is 7.92. The molecule has 0 saturated carbocycles. The van der Waals surface area contributed by atoms with E-state index in [-0.39, 0.29) is 21.4 Å². The van der Waals surface area contributed by atoms with Crippen molar-refractivity contribution in [2.24, 2.45) is 0 Å². The van der Waals surface area contributed by atoms with Gasteiger partial charge in [-0.05, 0) is 12.8 Å². The second kappa shape index (κ2) is 6.06. The summed E-state index contributed by atoms with van der Waals surface area (Å²) in [6.07, 6.45) is 1.99. The van der Waals surface area contributed by atoms with E-state index in [2.05, 4.69) is 5.32 Å². The fourth-order valence-corrected chi connectivity index (χ4v) is 3.48. The Hall–Kier alpha value is -1.19. The van der Waals surface area contributed by atoms with E-state index < -0.39 is 20.4 Å². The van der Waals surface area contributed by atoms with E-state index in [4.69, 9.17) is 0 Å². The van der Waals surface area contributed by atoms with E-state index in [1.54, 1.807) is 0 Å². The Morgan fingerprint density at radius 2 is 2.00 bits per heavy atom. The van der Waals surface area contributed by atoms with Crippen LogP contribution >= 0.6 is 11.3 Å². The van der Waals surface area contributed by atoms with Crippen molar-refractivity contribution in [2.45, 2.75) is 36.5 Å². The van der Waals surface area contributed by atoms with Gasteiger partial charge in [0.05, 0.1) is 10.5 Å². The predicted molar refractivity (Wildman–Crippen MR) is 78.1 cm³/mol. The predicted octanol–water partition coefficient (Wildman–Crippen LogP) is 2.02. The van der Waals surface area contributed by atoms with E-state index in [0.29, 0.717) is 12.8 Å². The van der Waals surface area contributed by atoms with Crippen LogP contribution in [0.4, 0.5) is 10.7 Å². The highest BCUT2D eigenvalue weighted by Crippen LogP contribution is 2.37. The Labute approximate surface area is 121 Å². The van der Waals surface area contributed by atoms with Crippen LogP contribution in [-0.4, -0.2) is 36.8 Å². The zero-order valence-electron chi connectivity index (χ0n) is 11.5. The molecule has 0 spiro atoms. The monoisotopic (exact) mass is 322 g/mol. The third-order valence-corrected chi connectivity index (χ3v) is 6.03. The first-order valence-electron chi connectivity index (χ1n) is 6.07. The van der Waals surface area contributed by atoms with Crippen LogP contribution in [0, 0.1) is 10.1 Å². The largest absolute Gasteiger partial charge is 0.388 e. The molecule has 0 amide bonds. The van der Waals surface area contributed by atoms with Crippen LogP contribution in [0.5, 0.6) is 0 Å². The molecule has 0 aliphatic carbocycles. The first-order chi connectivity index (χ1) is 9.13. The Kier molecular flexibility index (Phi) is 5.11. The van der Waals surface area contributed by atoms with Gasteiger partial charge in [-0.15, -0.1) is 0 Å². The Morgan fingerprint density at radius 1 is 1.45 bits per heavy atom. The molecule has 1 heterocycles. The minimum atomic E-state index is -3.49. The van der Waals surface area contributed by atoms with Crippen molar-refractivity contribution in [1.29, 1.82) is 0 Å². The molecular weight excluding hydrogens is 304 g/mol. The van der Waals surface area contributed by atoms with Crippen molar-refractivity contribution in [3.63, 3.8) is 0 Å². The molecule has 0 aromatic carbocycles. The lowest BCUT2D eigenvalue weighted by molar-refractivity contribution is -0.383. The van der Waals surface area contributed by atoms with Crippen molar-refractivity contribution in [1.82, 2.24) is 0 Å². The number of nitrogens with one attached hydrogen (secondary N) is 1. The second-order valence-electron chi connectivity index (χ2n) is 4.59. The third-order valence-electron chi connectivity index (χ3n) is 3.15. The maximum Gasteiger partial charge on any atom is 0.304 e. The van der Waals surface area contributed by atoms with E-state index in [9.17, 15) is 23.6 Å². The lowest BCUT2D eigenvalue weighted by Gasteiger charge is -2.25. The van der Waals surface area contributed by atoms with E-state index >= 15 is 0 Å². The molecule has 2 N–H and O–H groups in total. The maximum absolute atomic E-state index is 11.4. The summed E-state index contributed by atoms with van der Waals surface area (Å²) in [5.41, 5.74) is -1.26. The lowest BCUT2D eigenvalue weighted by Crippen LogP contribution is -2.35. The van der Waals surface area contributed by atoms with Crippen LogP contribution in [0.1, 0.15) is 26.7 Å². The van der Waals surface area contributed by atoms with Crippen LogP contribution in [0.15, 0.2) is 10.3 Å². The minimum Gasteiger partial charge on any atom is -0.388 e. The Bertz CT molecular complexity index is 590. The number of hydrogen-bond donors (Lipinski definition) is 2. The molecule has 7 nitrogen and oxygen atoms in total. The minimum absolute atomic E-state index is 0.0664. The molecule has 0 atom stereocenters. The number of thiophene rings is 1. The normalized spacial score (nSPS) is 12.4. The van der Waals surface area contributed by atoms with E-state index in [1.807, 2.05) is 13.8 Å². The van der Waals surface area contributed by atoms with Gasteiger partial charge < -0.3 is 10.4 Å². The number of nitro groups is 1. The highest BCUT2D eigenvalue weighted by atomic mass is 32.2. The number of aliphatic hydroxyl groups is 1. The van der Waals surface area contributed by atoms with E-state index in [1.165, 1.54) is 0 Å². The molecule has 20 heavy (non-hydrogen) atoms. The van der Waals surface area contributed by atoms with Gasteiger partial charge in [0, 0.05) is 18.9 Å². The summed E-state index contributed by atoms with van der Waals surface area (Å²) in [4.78, 5) is 10.3. The smallest absolute Gasteiger partial charge is 0.304 e. The van der Waals surface area contributed by atoms with Gasteiger partial charge in [0.25, 0.3) is 0 Å². The second-order valence-corrected chi connectivity index (χ2v) is 7.89. The average molecular weight is 322 g/mol. The number of hydrogen-bond acceptors (Lipinski definition) is 7. The molecule has 1 aromatic heterocycles. The van der Waals surface area contributed by atoms with Crippen LogP contribution in [0.25, 0.3) is 0 Å². The highest BCUT2D eigenvalue weighted by Gasteiger charge is 2.27. The SMILES string of the molecule is CCC(O)(CC)CNc1sc(S(C)(=O)=O)cc1[N+](=O)[O-]. The molecule has 0 aliphatic rings. The summed E-state index contributed by atoms with van der Waals surface area (Å²) < 4.78 is 22.8. The quantitative estimate of drug-likeness (QED) is 0.587. The topological polar surface area (TPSA) is 110 Å². The summed E-state index contributed by atoms with van der Waals surface area (Å²) in [6.45, 7) is 3.76. The zero-order chi connectivity index (χ0) is 15.6. The van der Waals surface area contributed by atoms with Crippen molar-refractivity contribution in [3.8, 4) is 0 Å². The van der Waals surface area contributed by atoms with Crippen molar-refractivity contribution in [2.75, 3.05) is 18.1 Å². The molecule has 0 aliphatic heterocycles. The molecular formula is C11H18N2O5S2. The summed E-state index contributed by atoms with van der Waals surface area (Å²) >= 11 is 0.805. The van der Waals surface area contributed by atoms with Gasteiger partial charge in [0.2, 0.25) is 0 Å². The van der Waals surface area contributed by atoms with Crippen LogP contribution in [0.2, 0.25) is 0 Å². The zero-order valence-corrected chi connectivity index (χ0v) is 13.2. The van der Waals surface area contributed by atoms with Gasteiger partial charge in [-0.3, -0.25) is 10.1 Å². The summed E-state index contributed by atoms with van der Waals surface area (Å²) in [5.74, 6) is 0. The Morgan fingerprint density at radius 3 is 2.40 bits per heavy atom. The van der Waals surface area contributed by atoms with Gasteiger partial charge in [-0.2, -0.15) is 0 Å². The van der Waals surface area contributed by atoms with Crippen molar-refractivity contribution < 1.29 is 18.4 Å². The van der Waals surface area contributed by atoms with Crippen LogP contribution in [0.3, 0.4) is 0 Å². The first-order valence-corrected chi connectivity index (χ1v) is 8.78. The van der Waals surface area contributed by atoms with Crippen molar-refractivity contribution >= 4 is 31.9 Å². The van der Waals surface area contributed by atoms with Gasteiger partial charge >= 0.3 is 5.69 Å². The summed E-state index contributed by atoms with van der Waals surface area (Å²) in [5, 5.41) is 24.0. The maximum atomic E-state index is 11.4. The van der Waals surface area contributed by atoms with Gasteiger partial charge in [-0.25, -0.2) is 8.42 Å². The fraction of sp³-hybridized carbons (Fsp3) is 0.636. The molecule has 1 aromatic rings. The van der Waals surface area contributed by atoms with Crippen molar-refractivity contribution in [3.05, 3.63) is 16.2 Å². The molecule has 9 heteroatoms. The standard InChI is InChI=1S/C11H18N2O5S2/c1-4-11(14,5-2)7-12-10-8(13(15)16)6-9(19-10)20(3,17)18/h6,12,14H,4-5,7H2,1-3H3. The fourth-order valence-electron chi connectivity index (χ4n) is 1.55. The van der Waals surface area contributed by atoms with Crippen LogP contribution in [-0.2, 0) is 9.84 Å². The Balaban J connectivity index is 3.06. The number of rotatable bonds is 7. The molecule has 0 fully saturated rings. The number of nitrogens with zero attached hydrogens (tertiary/aromatic N) is 1. The third kappa shape index (κ3) is 3.90. The summed E-state index contributed by atoms with van der Waals surface area (Å²) in [7, 11) is -3.49. The van der Waals surface area contributed by atoms with Crippen LogP contribution < -0.4 is 5.32 Å². The van der Waals surface area contributed by atoms with E-state index in [0.717, 1.165) is 23.7 Å². The number of sulfone groups is 1. The van der Waals surface area contributed by atoms with Gasteiger partial charge in [-0.1, -0.05) is 25.2 Å². The van der Waals surface area contributed by atoms with Gasteiger partial charge in [0.1, 0.15) is 4.21 Å². The van der Waals surface area contributed by atoms with Gasteiger partial charge in [0.15, 0.2) is 14.8 Å². The first kappa shape index (κ1) is 16.9. The molecule has 0 radical (unpaired) electrons. The molecule has 0 saturated heterocycles.